The van der Waals surface area contributed by atoms with Crippen molar-refractivity contribution >= 4 is 6.03 Å². The van der Waals surface area contributed by atoms with Crippen LogP contribution in [0.15, 0.2) is 0 Å². The zero-order valence-corrected chi connectivity index (χ0v) is 10.5. The van der Waals surface area contributed by atoms with Crippen LogP contribution in [0.4, 0.5) is 4.79 Å². The fraction of sp³-hybridized carbons (Fsp3) is 0.909. The molecule has 0 spiro atoms. The number of morpholine rings is 1. The van der Waals surface area contributed by atoms with Crippen molar-refractivity contribution in [1.82, 2.24) is 15.1 Å². The molecule has 1 fully saturated rings. The number of amides is 2. The predicted molar refractivity (Wildman–Crippen MR) is 63.5 cm³/mol. The average Bonchev–Trinajstić information content (AvgIpc) is 2.27. The molecule has 0 bridgehead atoms. The molecule has 0 saturated carbocycles. The molecule has 0 aromatic heterocycles. The first-order chi connectivity index (χ1) is 7.59. The van der Waals surface area contributed by atoms with Crippen molar-refractivity contribution in [1.29, 1.82) is 0 Å². The minimum atomic E-state index is -0.0196. The minimum Gasteiger partial charge on any atom is -0.379 e. The van der Waals surface area contributed by atoms with Crippen LogP contribution in [0.1, 0.15) is 6.92 Å². The SMILES string of the molecule is CC(CNC(=O)N(C)C)CN1CCOCC1. The van der Waals surface area contributed by atoms with Crippen LogP contribution in [0, 0.1) is 5.92 Å². The third kappa shape index (κ3) is 4.81. The van der Waals surface area contributed by atoms with Crippen molar-refractivity contribution in [2.45, 2.75) is 6.92 Å². The molecule has 1 aliphatic heterocycles. The molecule has 1 heterocycles. The average molecular weight is 229 g/mol. The summed E-state index contributed by atoms with van der Waals surface area (Å²) < 4.78 is 5.29. The van der Waals surface area contributed by atoms with E-state index in [2.05, 4.69) is 17.1 Å². The molecule has 1 rings (SSSR count). The number of carbonyl (C=O) groups excluding carboxylic acids is 1. The third-order valence-electron chi connectivity index (χ3n) is 2.68. The van der Waals surface area contributed by atoms with E-state index in [1.54, 1.807) is 19.0 Å². The van der Waals surface area contributed by atoms with E-state index in [1.807, 2.05) is 0 Å². The maximum atomic E-state index is 11.3. The van der Waals surface area contributed by atoms with E-state index in [1.165, 1.54) is 0 Å². The Morgan fingerprint density at radius 3 is 2.62 bits per heavy atom. The van der Waals surface area contributed by atoms with Crippen LogP contribution in [0.5, 0.6) is 0 Å². The fourth-order valence-corrected chi connectivity index (χ4v) is 1.71. The van der Waals surface area contributed by atoms with Crippen molar-refractivity contribution in [2.24, 2.45) is 5.92 Å². The molecule has 0 radical (unpaired) electrons. The number of nitrogens with one attached hydrogen (secondary N) is 1. The first kappa shape index (κ1) is 13.3. The van der Waals surface area contributed by atoms with E-state index >= 15 is 0 Å². The summed E-state index contributed by atoms with van der Waals surface area (Å²) in [5.74, 6) is 0.474. The van der Waals surface area contributed by atoms with Crippen LogP contribution in [-0.4, -0.2) is 69.3 Å². The van der Waals surface area contributed by atoms with Crippen LogP contribution in [0.2, 0.25) is 0 Å². The number of rotatable bonds is 4. The molecule has 0 aromatic rings. The van der Waals surface area contributed by atoms with Crippen LogP contribution in [-0.2, 0) is 4.74 Å². The Kier molecular flexibility index (Phi) is 5.55. The molecule has 94 valence electrons. The number of hydrogen-bond donors (Lipinski definition) is 1. The summed E-state index contributed by atoms with van der Waals surface area (Å²) in [4.78, 5) is 15.3. The molecule has 1 atom stereocenters. The van der Waals surface area contributed by atoms with E-state index in [9.17, 15) is 4.79 Å². The van der Waals surface area contributed by atoms with Gasteiger partial charge < -0.3 is 15.0 Å². The van der Waals surface area contributed by atoms with Gasteiger partial charge in [-0.2, -0.15) is 0 Å². The molecule has 2 amide bonds. The molecule has 5 heteroatoms. The lowest BCUT2D eigenvalue weighted by Gasteiger charge is -2.29. The smallest absolute Gasteiger partial charge is 0.316 e. The Morgan fingerprint density at radius 2 is 2.06 bits per heavy atom. The second-order valence-corrected chi connectivity index (χ2v) is 4.60. The van der Waals surface area contributed by atoms with Gasteiger partial charge in [0.15, 0.2) is 0 Å². The van der Waals surface area contributed by atoms with Crippen LogP contribution >= 0.6 is 0 Å². The van der Waals surface area contributed by atoms with Crippen molar-refractivity contribution in [3.63, 3.8) is 0 Å². The van der Waals surface area contributed by atoms with E-state index in [-0.39, 0.29) is 6.03 Å². The van der Waals surface area contributed by atoms with Gasteiger partial charge in [-0.3, -0.25) is 4.90 Å². The van der Waals surface area contributed by atoms with Gasteiger partial charge >= 0.3 is 6.03 Å². The number of urea groups is 1. The predicted octanol–water partition coefficient (Wildman–Crippen LogP) is 0.226. The lowest BCUT2D eigenvalue weighted by Crippen LogP contribution is -2.43. The summed E-state index contributed by atoms with van der Waals surface area (Å²) in [7, 11) is 3.50. The molecule has 1 aliphatic rings. The minimum absolute atomic E-state index is 0.0196. The van der Waals surface area contributed by atoms with Gasteiger partial charge in [-0.05, 0) is 5.92 Å². The van der Waals surface area contributed by atoms with Crippen LogP contribution < -0.4 is 5.32 Å². The van der Waals surface area contributed by atoms with Gasteiger partial charge in [0, 0.05) is 40.3 Å². The first-order valence-corrected chi connectivity index (χ1v) is 5.85. The molecule has 1 unspecified atom stereocenters. The Bertz CT molecular complexity index is 215. The van der Waals surface area contributed by atoms with Gasteiger partial charge in [0.1, 0.15) is 0 Å². The Labute approximate surface area is 97.7 Å². The standard InChI is InChI=1S/C11H23N3O2/c1-10(8-12-11(15)13(2)3)9-14-4-6-16-7-5-14/h10H,4-9H2,1-3H3,(H,12,15). The molecule has 1 N–H and O–H groups in total. The van der Waals surface area contributed by atoms with Gasteiger partial charge in [0.05, 0.1) is 13.2 Å². The molecular weight excluding hydrogens is 206 g/mol. The highest BCUT2D eigenvalue weighted by Gasteiger charge is 2.14. The fourth-order valence-electron chi connectivity index (χ4n) is 1.71. The van der Waals surface area contributed by atoms with E-state index in [4.69, 9.17) is 4.74 Å². The second-order valence-electron chi connectivity index (χ2n) is 4.60. The van der Waals surface area contributed by atoms with E-state index < -0.39 is 0 Å². The number of carbonyl (C=O) groups is 1. The third-order valence-corrected chi connectivity index (χ3v) is 2.68. The maximum Gasteiger partial charge on any atom is 0.316 e. The maximum absolute atomic E-state index is 11.3. The lowest BCUT2D eigenvalue weighted by atomic mass is 10.1. The van der Waals surface area contributed by atoms with E-state index in [0.29, 0.717) is 5.92 Å². The van der Waals surface area contributed by atoms with Crippen LogP contribution in [0.3, 0.4) is 0 Å². The van der Waals surface area contributed by atoms with Crippen molar-refractivity contribution < 1.29 is 9.53 Å². The molecule has 5 nitrogen and oxygen atoms in total. The van der Waals surface area contributed by atoms with E-state index in [0.717, 1.165) is 39.4 Å². The summed E-state index contributed by atoms with van der Waals surface area (Å²) >= 11 is 0. The van der Waals surface area contributed by atoms with Crippen molar-refractivity contribution in [2.75, 3.05) is 53.5 Å². The molecular formula is C11H23N3O2. The van der Waals surface area contributed by atoms with Gasteiger partial charge in [0.25, 0.3) is 0 Å². The summed E-state index contributed by atoms with van der Waals surface area (Å²) in [6.07, 6.45) is 0. The molecule has 0 aromatic carbocycles. The molecule has 0 aliphatic carbocycles. The Balaban J connectivity index is 2.14. The topological polar surface area (TPSA) is 44.8 Å². The highest BCUT2D eigenvalue weighted by atomic mass is 16.5. The van der Waals surface area contributed by atoms with Crippen molar-refractivity contribution in [3.05, 3.63) is 0 Å². The normalized spacial score (nSPS) is 19.2. The van der Waals surface area contributed by atoms with Gasteiger partial charge in [-0.25, -0.2) is 4.79 Å². The van der Waals surface area contributed by atoms with Gasteiger partial charge in [0.2, 0.25) is 0 Å². The van der Waals surface area contributed by atoms with Gasteiger partial charge in [-0.15, -0.1) is 0 Å². The summed E-state index contributed by atoms with van der Waals surface area (Å²) in [6, 6.07) is -0.0196. The summed E-state index contributed by atoms with van der Waals surface area (Å²) in [6.45, 7) is 7.59. The first-order valence-electron chi connectivity index (χ1n) is 5.85. The quantitative estimate of drug-likeness (QED) is 0.750. The molecule has 16 heavy (non-hydrogen) atoms. The zero-order valence-electron chi connectivity index (χ0n) is 10.5. The monoisotopic (exact) mass is 229 g/mol. The van der Waals surface area contributed by atoms with Crippen molar-refractivity contribution in [3.8, 4) is 0 Å². The summed E-state index contributed by atoms with van der Waals surface area (Å²) in [5, 5.41) is 2.90. The second kappa shape index (κ2) is 6.70. The molecule has 1 saturated heterocycles. The number of hydrogen-bond acceptors (Lipinski definition) is 3. The Morgan fingerprint density at radius 1 is 1.44 bits per heavy atom. The highest BCUT2D eigenvalue weighted by molar-refractivity contribution is 5.73. The lowest BCUT2D eigenvalue weighted by molar-refractivity contribution is 0.0319. The number of nitrogens with zero attached hydrogens (tertiary/aromatic N) is 2. The zero-order chi connectivity index (χ0) is 12.0. The Hall–Kier alpha value is -0.810. The van der Waals surface area contributed by atoms with Crippen LogP contribution in [0.25, 0.3) is 0 Å². The van der Waals surface area contributed by atoms with Gasteiger partial charge in [-0.1, -0.05) is 6.92 Å². The highest BCUT2D eigenvalue weighted by Crippen LogP contribution is 2.02. The summed E-state index contributed by atoms with van der Waals surface area (Å²) in [5.41, 5.74) is 0. The largest absolute Gasteiger partial charge is 0.379 e. The number of ether oxygens (including phenoxy) is 1.